The standard InChI is InChI=1S/C13H9F3N4OS/c14-13(15,16)9-3-1-8(2-4-9)7-22-12-19-18-11-17-10(21)5-6-20(11)12/h1-6H,7H2,(H,17,18,21). The van der Waals surface area contributed by atoms with Crippen LogP contribution in [0.4, 0.5) is 13.2 Å². The molecule has 2 aromatic heterocycles. The summed E-state index contributed by atoms with van der Waals surface area (Å²) < 4.78 is 39.0. The van der Waals surface area contributed by atoms with Crippen molar-refractivity contribution in [3.63, 3.8) is 0 Å². The third-order valence-electron chi connectivity index (χ3n) is 2.92. The zero-order chi connectivity index (χ0) is 15.7. The normalized spacial score (nSPS) is 12.0. The van der Waals surface area contributed by atoms with Crippen LogP contribution < -0.4 is 5.56 Å². The minimum Gasteiger partial charge on any atom is -0.291 e. The van der Waals surface area contributed by atoms with Gasteiger partial charge in [-0.15, -0.1) is 10.2 Å². The molecule has 9 heteroatoms. The first kappa shape index (κ1) is 14.6. The summed E-state index contributed by atoms with van der Waals surface area (Å²) in [6.07, 6.45) is -2.79. The average molecular weight is 326 g/mol. The molecule has 5 nitrogen and oxygen atoms in total. The summed E-state index contributed by atoms with van der Waals surface area (Å²) in [5.41, 5.74) is -0.217. The second kappa shape index (κ2) is 5.48. The molecule has 0 fully saturated rings. The Kier molecular flexibility index (Phi) is 3.65. The van der Waals surface area contributed by atoms with Gasteiger partial charge >= 0.3 is 6.18 Å². The van der Waals surface area contributed by atoms with Crippen LogP contribution in [0.25, 0.3) is 5.78 Å². The Morgan fingerprint density at radius 3 is 2.55 bits per heavy atom. The van der Waals surface area contributed by atoms with Crippen LogP contribution in [0.5, 0.6) is 0 Å². The van der Waals surface area contributed by atoms with Crippen molar-refractivity contribution in [1.82, 2.24) is 19.6 Å². The first-order valence-electron chi connectivity index (χ1n) is 6.16. The highest BCUT2D eigenvalue weighted by Crippen LogP contribution is 2.30. The Morgan fingerprint density at radius 1 is 1.14 bits per heavy atom. The van der Waals surface area contributed by atoms with E-state index in [-0.39, 0.29) is 5.56 Å². The van der Waals surface area contributed by atoms with Crippen molar-refractivity contribution in [2.45, 2.75) is 17.1 Å². The monoisotopic (exact) mass is 326 g/mol. The molecular weight excluding hydrogens is 317 g/mol. The first-order valence-corrected chi connectivity index (χ1v) is 7.15. The third kappa shape index (κ3) is 2.98. The molecule has 0 atom stereocenters. The number of aromatic amines is 1. The number of H-pyrrole nitrogens is 1. The van der Waals surface area contributed by atoms with Gasteiger partial charge in [0.15, 0.2) is 5.16 Å². The molecule has 1 aromatic carbocycles. The molecule has 0 bridgehead atoms. The van der Waals surface area contributed by atoms with Crippen LogP contribution in [-0.4, -0.2) is 19.6 Å². The highest BCUT2D eigenvalue weighted by molar-refractivity contribution is 7.98. The predicted molar refractivity (Wildman–Crippen MR) is 74.6 cm³/mol. The van der Waals surface area contributed by atoms with Crippen molar-refractivity contribution in [3.05, 3.63) is 58.0 Å². The largest absolute Gasteiger partial charge is 0.416 e. The maximum Gasteiger partial charge on any atom is 0.416 e. The summed E-state index contributed by atoms with van der Waals surface area (Å²) in [6, 6.07) is 6.31. The molecule has 0 radical (unpaired) electrons. The van der Waals surface area contributed by atoms with Crippen molar-refractivity contribution in [1.29, 1.82) is 0 Å². The fraction of sp³-hybridized carbons (Fsp3) is 0.154. The van der Waals surface area contributed by atoms with Crippen LogP contribution in [-0.2, 0) is 11.9 Å². The Morgan fingerprint density at radius 2 is 1.86 bits per heavy atom. The molecule has 0 saturated carbocycles. The number of alkyl halides is 3. The lowest BCUT2D eigenvalue weighted by atomic mass is 10.1. The number of nitrogens with one attached hydrogen (secondary N) is 1. The van der Waals surface area contributed by atoms with Gasteiger partial charge in [0.2, 0.25) is 5.78 Å². The first-order chi connectivity index (χ1) is 10.4. The maximum atomic E-state index is 12.5. The van der Waals surface area contributed by atoms with E-state index in [1.165, 1.54) is 30.0 Å². The molecule has 2 heterocycles. The molecule has 3 aromatic rings. The van der Waals surface area contributed by atoms with E-state index in [0.29, 0.717) is 16.7 Å². The van der Waals surface area contributed by atoms with E-state index < -0.39 is 11.7 Å². The van der Waals surface area contributed by atoms with Crippen LogP contribution in [0.2, 0.25) is 0 Å². The zero-order valence-corrected chi connectivity index (χ0v) is 11.8. The summed E-state index contributed by atoms with van der Waals surface area (Å²) in [5, 5.41) is 8.31. The molecule has 0 aliphatic carbocycles. The van der Waals surface area contributed by atoms with Crippen LogP contribution in [0.15, 0.2) is 46.5 Å². The van der Waals surface area contributed by atoms with Gasteiger partial charge in [0, 0.05) is 18.0 Å². The van der Waals surface area contributed by atoms with Crippen LogP contribution in [0, 0.1) is 0 Å². The second-order valence-electron chi connectivity index (χ2n) is 4.46. The number of rotatable bonds is 3. The van der Waals surface area contributed by atoms with E-state index in [4.69, 9.17) is 0 Å². The minimum atomic E-state index is -4.33. The van der Waals surface area contributed by atoms with Gasteiger partial charge in [-0.05, 0) is 17.7 Å². The Labute approximate surface area is 126 Å². The fourth-order valence-corrected chi connectivity index (χ4v) is 2.70. The lowest BCUT2D eigenvalue weighted by Crippen LogP contribution is -2.06. The van der Waals surface area contributed by atoms with Crippen molar-refractivity contribution in [2.75, 3.05) is 0 Å². The summed E-state index contributed by atoms with van der Waals surface area (Å²) in [5.74, 6) is 0.764. The highest BCUT2D eigenvalue weighted by Gasteiger charge is 2.29. The van der Waals surface area contributed by atoms with Crippen LogP contribution in [0.1, 0.15) is 11.1 Å². The van der Waals surface area contributed by atoms with Gasteiger partial charge in [0.25, 0.3) is 5.56 Å². The van der Waals surface area contributed by atoms with E-state index >= 15 is 0 Å². The summed E-state index contributed by atoms with van der Waals surface area (Å²) in [4.78, 5) is 13.7. The topological polar surface area (TPSA) is 63.1 Å². The van der Waals surface area contributed by atoms with Gasteiger partial charge in [-0.25, -0.2) is 0 Å². The molecule has 0 saturated heterocycles. The van der Waals surface area contributed by atoms with Crippen molar-refractivity contribution < 1.29 is 13.2 Å². The van der Waals surface area contributed by atoms with Gasteiger partial charge in [0.05, 0.1) is 5.56 Å². The molecule has 0 amide bonds. The lowest BCUT2D eigenvalue weighted by molar-refractivity contribution is -0.137. The Balaban J connectivity index is 1.75. The van der Waals surface area contributed by atoms with Crippen molar-refractivity contribution in [3.8, 4) is 0 Å². The number of nitrogens with zero attached hydrogens (tertiary/aromatic N) is 3. The third-order valence-corrected chi connectivity index (χ3v) is 3.94. The van der Waals surface area contributed by atoms with E-state index in [0.717, 1.165) is 17.7 Å². The predicted octanol–water partition coefficient (Wildman–Crippen LogP) is 2.73. The highest BCUT2D eigenvalue weighted by atomic mass is 32.2. The number of hydrogen-bond donors (Lipinski definition) is 1. The number of thioether (sulfide) groups is 1. The number of benzene rings is 1. The van der Waals surface area contributed by atoms with Gasteiger partial charge in [-0.1, -0.05) is 23.9 Å². The number of halogens is 3. The Hall–Kier alpha value is -2.29. The average Bonchev–Trinajstić information content (AvgIpc) is 2.87. The van der Waals surface area contributed by atoms with Crippen LogP contribution in [0.3, 0.4) is 0 Å². The van der Waals surface area contributed by atoms with E-state index in [1.54, 1.807) is 10.6 Å². The minimum absolute atomic E-state index is 0.279. The zero-order valence-electron chi connectivity index (χ0n) is 11.0. The molecule has 22 heavy (non-hydrogen) atoms. The molecule has 114 valence electrons. The van der Waals surface area contributed by atoms with Gasteiger partial charge < -0.3 is 0 Å². The smallest absolute Gasteiger partial charge is 0.291 e. The fourth-order valence-electron chi connectivity index (χ4n) is 1.83. The quantitative estimate of drug-likeness (QED) is 0.752. The van der Waals surface area contributed by atoms with Gasteiger partial charge in [-0.2, -0.15) is 13.2 Å². The number of fused-ring (bicyclic) bond motifs is 1. The van der Waals surface area contributed by atoms with Gasteiger partial charge in [-0.3, -0.25) is 14.2 Å². The molecule has 3 rings (SSSR count). The molecule has 1 N–H and O–H groups in total. The summed E-state index contributed by atoms with van der Waals surface area (Å²) in [6.45, 7) is 0. The van der Waals surface area contributed by atoms with E-state index in [1.807, 2.05) is 0 Å². The van der Waals surface area contributed by atoms with E-state index in [2.05, 4.69) is 15.2 Å². The van der Waals surface area contributed by atoms with Gasteiger partial charge in [0.1, 0.15) is 0 Å². The summed E-state index contributed by atoms with van der Waals surface area (Å²) in [7, 11) is 0. The molecular formula is C13H9F3N4OS. The second-order valence-corrected chi connectivity index (χ2v) is 5.41. The molecule has 0 aliphatic heterocycles. The molecule has 0 aliphatic rings. The maximum absolute atomic E-state index is 12.5. The molecule has 0 spiro atoms. The summed E-state index contributed by atoms with van der Waals surface area (Å²) >= 11 is 1.31. The van der Waals surface area contributed by atoms with Crippen molar-refractivity contribution in [2.24, 2.45) is 0 Å². The van der Waals surface area contributed by atoms with E-state index in [9.17, 15) is 18.0 Å². The lowest BCUT2D eigenvalue weighted by Gasteiger charge is -2.07. The number of aromatic nitrogens is 4. The molecule has 0 unspecified atom stereocenters. The number of hydrogen-bond acceptors (Lipinski definition) is 4. The Bertz CT molecular complexity index is 854. The van der Waals surface area contributed by atoms with Crippen molar-refractivity contribution >= 4 is 17.5 Å². The SMILES string of the molecule is O=c1ccn2c(SCc3ccc(C(F)(F)F)cc3)nnc2[nH]1. The van der Waals surface area contributed by atoms with Crippen LogP contribution >= 0.6 is 11.8 Å².